The molecule has 92 valence electrons. The van der Waals surface area contributed by atoms with Gasteiger partial charge in [0.05, 0.1) is 6.61 Å². The molecular weight excluding hydrogens is 250 g/mol. The Labute approximate surface area is 110 Å². The van der Waals surface area contributed by atoms with Crippen LogP contribution in [-0.2, 0) is 6.42 Å². The van der Waals surface area contributed by atoms with Gasteiger partial charge in [-0.3, -0.25) is 4.98 Å². The molecule has 0 saturated heterocycles. The molecule has 0 fully saturated rings. The summed E-state index contributed by atoms with van der Waals surface area (Å²) in [4.78, 5) is 3.93. The lowest BCUT2D eigenvalue weighted by Gasteiger charge is -2.20. The maximum atomic E-state index is 6.03. The third-order valence-corrected chi connectivity index (χ3v) is 3.14. The molecule has 3 rings (SSSR count). The number of ether oxygens (including phenoxy) is 2. The van der Waals surface area contributed by atoms with Gasteiger partial charge in [0.25, 0.3) is 0 Å². The normalized spacial score (nSPS) is 13.6. The predicted molar refractivity (Wildman–Crippen MR) is 69.6 cm³/mol. The van der Waals surface area contributed by atoms with E-state index in [9.17, 15) is 0 Å². The Bertz CT molecular complexity index is 571. The summed E-state index contributed by atoms with van der Waals surface area (Å²) in [7, 11) is 0. The van der Waals surface area contributed by atoms with Crippen molar-refractivity contribution in [2.45, 2.75) is 12.8 Å². The lowest BCUT2D eigenvalue weighted by atomic mass is 10.1. The Morgan fingerprint density at radius 3 is 3.06 bits per heavy atom. The number of hydrogen-bond donors (Lipinski definition) is 0. The van der Waals surface area contributed by atoms with Crippen LogP contribution in [0.5, 0.6) is 17.2 Å². The Morgan fingerprint density at radius 2 is 2.17 bits per heavy atom. The maximum Gasteiger partial charge on any atom is 0.169 e. The lowest BCUT2D eigenvalue weighted by Crippen LogP contribution is -2.09. The van der Waals surface area contributed by atoms with Crippen molar-refractivity contribution in [3.63, 3.8) is 0 Å². The van der Waals surface area contributed by atoms with E-state index in [1.165, 1.54) is 5.56 Å². The topological polar surface area (TPSA) is 31.4 Å². The fourth-order valence-corrected chi connectivity index (χ4v) is 2.16. The summed E-state index contributed by atoms with van der Waals surface area (Å²) in [5.41, 5.74) is 1.18. The molecule has 1 aliphatic rings. The maximum absolute atomic E-state index is 6.03. The highest BCUT2D eigenvalue weighted by Crippen LogP contribution is 2.38. The largest absolute Gasteiger partial charge is 0.489 e. The molecule has 18 heavy (non-hydrogen) atoms. The number of aromatic nitrogens is 1. The van der Waals surface area contributed by atoms with Gasteiger partial charge in [-0.15, -0.1) is 0 Å². The van der Waals surface area contributed by atoms with Crippen molar-refractivity contribution < 1.29 is 9.47 Å². The number of para-hydroxylation sites is 1. The fraction of sp³-hybridized carbons (Fsp3) is 0.214. The number of hydrogen-bond acceptors (Lipinski definition) is 3. The summed E-state index contributed by atoms with van der Waals surface area (Å²) >= 11 is 6.03. The molecule has 0 spiro atoms. The number of rotatable bonds is 2. The van der Waals surface area contributed by atoms with Gasteiger partial charge in [0, 0.05) is 18.5 Å². The molecule has 1 aliphatic heterocycles. The van der Waals surface area contributed by atoms with Crippen molar-refractivity contribution in [1.82, 2.24) is 4.98 Å². The van der Waals surface area contributed by atoms with Gasteiger partial charge in [0.1, 0.15) is 10.8 Å². The first kappa shape index (κ1) is 11.4. The van der Waals surface area contributed by atoms with Gasteiger partial charge in [0.15, 0.2) is 11.5 Å². The van der Waals surface area contributed by atoms with Gasteiger partial charge < -0.3 is 9.47 Å². The molecule has 2 aromatic rings. The van der Waals surface area contributed by atoms with Crippen molar-refractivity contribution >= 4 is 11.6 Å². The highest BCUT2D eigenvalue weighted by atomic mass is 35.5. The SMILES string of the molecule is Clc1cnccc1Oc1cccc2c1OCCC2. The van der Waals surface area contributed by atoms with Gasteiger partial charge in [-0.1, -0.05) is 23.7 Å². The number of pyridine rings is 1. The molecule has 4 heteroatoms. The summed E-state index contributed by atoms with van der Waals surface area (Å²) in [6.45, 7) is 0.734. The second kappa shape index (κ2) is 4.86. The van der Waals surface area contributed by atoms with Crippen molar-refractivity contribution in [1.29, 1.82) is 0 Å². The van der Waals surface area contributed by atoms with Crippen LogP contribution in [0.25, 0.3) is 0 Å². The predicted octanol–water partition coefficient (Wildman–Crippen LogP) is 3.85. The zero-order valence-corrected chi connectivity index (χ0v) is 10.5. The van der Waals surface area contributed by atoms with Crippen LogP contribution in [0.4, 0.5) is 0 Å². The third-order valence-electron chi connectivity index (χ3n) is 2.85. The molecule has 0 radical (unpaired) electrons. The summed E-state index contributed by atoms with van der Waals surface area (Å²) in [5, 5.41) is 0.492. The van der Waals surface area contributed by atoms with E-state index in [0.29, 0.717) is 16.5 Å². The van der Waals surface area contributed by atoms with E-state index < -0.39 is 0 Å². The first-order chi connectivity index (χ1) is 8.84. The summed E-state index contributed by atoms with van der Waals surface area (Å²) in [6.07, 6.45) is 5.29. The van der Waals surface area contributed by atoms with E-state index in [0.717, 1.165) is 25.2 Å². The van der Waals surface area contributed by atoms with E-state index in [-0.39, 0.29) is 0 Å². The van der Waals surface area contributed by atoms with E-state index in [1.54, 1.807) is 18.5 Å². The highest BCUT2D eigenvalue weighted by molar-refractivity contribution is 6.31. The average molecular weight is 262 g/mol. The van der Waals surface area contributed by atoms with Crippen molar-refractivity contribution in [3.05, 3.63) is 47.2 Å². The van der Waals surface area contributed by atoms with E-state index in [4.69, 9.17) is 21.1 Å². The Hall–Kier alpha value is -1.74. The fourth-order valence-electron chi connectivity index (χ4n) is 2.00. The molecule has 0 aliphatic carbocycles. The lowest BCUT2D eigenvalue weighted by molar-refractivity contribution is 0.275. The average Bonchev–Trinajstić information content (AvgIpc) is 2.42. The Kier molecular flexibility index (Phi) is 3.07. The molecule has 0 unspecified atom stereocenters. The van der Waals surface area contributed by atoms with Crippen LogP contribution in [0.2, 0.25) is 5.02 Å². The summed E-state index contributed by atoms with van der Waals surface area (Å²) in [6, 6.07) is 7.67. The molecule has 1 aromatic carbocycles. The standard InChI is InChI=1S/C14H12ClNO2/c15-11-9-16-7-6-12(11)18-13-5-1-3-10-4-2-8-17-14(10)13/h1,3,5-7,9H,2,4,8H2. The second-order valence-corrected chi connectivity index (χ2v) is 4.51. The van der Waals surface area contributed by atoms with E-state index in [1.807, 2.05) is 12.1 Å². The van der Waals surface area contributed by atoms with Gasteiger partial charge in [-0.25, -0.2) is 0 Å². The molecular formula is C14H12ClNO2. The minimum absolute atomic E-state index is 0.492. The number of halogens is 1. The smallest absolute Gasteiger partial charge is 0.169 e. The number of aryl methyl sites for hydroxylation is 1. The van der Waals surface area contributed by atoms with Crippen LogP contribution < -0.4 is 9.47 Å². The molecule has 2 heterocycles. The van der Waals surface area contributed by atoms with Crippen molar-refractivity contribution in [2.24, 2.45) is 0 Å². The van der Waals surface area contributed by atoms with Gasteiger partial charge in [-0.05, 0) is 24.5 Å². The van der Waals surface area contributed by atoms with Gasteiger partial charge in [-0.2, -0.15) is 0 Å². The molecule has 0 atom stereocenters. The first-order valence-corrected chi connectivity index (χ1v) is 6.24. The first-order valence-electron chi connectivity index (χ1n) is 5.86. The van der Waals surface area contributed by atoms with Crippen LogP contribution in [-0.4, -0.2) is 11.6 Å². The molecule has 1 aromatic heterocycles. The monoisotopic (exact) mass is 261 g/mol. The van der Waals surface area contributed by atoms with Gasteiger partial charge >= 0.3 is 0 Å². The molecule has 3 nitrogen and oxygen atoms in total. The summed E-state index contributed by atoms with van der Waals surface area (Å²) < 4.78 is 11.5. The quantitative estimate of drug-likeness (QED) is 0.823. The molecule has 0 bridgehead atoms. The number of benzene rings is 1. The second-order valence-electron chi connectivity index (χ2n) is 4.10. The minimum Gasteiger partial charge on any atom is -0.489 e. The zero-order valence-electron chi connectivity index (χ0n) is 9.73. The van der Waals surface area contributed by atoms with Crippen LogP contribution in [0.1, 0.15) is 12.0 Å². The summed E-state index contributed by atoms with van der Waals surface area (Å²) in [5.74, 6) is 2.13. The van der Waals surface area contributed by atoms with Crippen LogP contribution in [0.3, 0.4) is 0 Å². The Morgan fingerprint density at radius 1 is 1.22 bits per heavy atom. The van der Waals surface area contributed by atoms with Crippen LogP contribution in [0, 0.1) is 0 Å². The minimum atomic E-state index is 0.492. The highest BCUT2D eigenvalue weighted by Gasteiger charge is 2.16. The van der Waals surface area contributed by atoms with E-state index in [2.05, 4.69) is 11.1 Å². The van der Waals surface area contributed by atoms with Crippen LogP contribution >= 0.6 is 11.6 Å². The molecule has 0 N–H and O–H groups in total. The van der Waals surface area contributed by atoms with E-state index >= 15 is 0 Å². The third kappa shape index (κ3) is 2.14. The Balaban J connectivity index is 1.96. The zero-order chi connectivity index (χ0) is 12.4. The number of fused-ring (bicyclic) bond motifs is 1. The molecule has 0 amide bonds. The number of nitrogens with zero attached hydrogens (tertiary/aromatic N) is 1. The van der Waals surface area contributed by atoms with Crippen molar-refractivity contribution in [3.8, 4) is 17.2 Å². The van der Waals surface area contributed by atoms with Gasteiger partial charge in [0.2, 0.25) is 0 Å². The molecule has 0 saturated carbocycles. The van der Waals surface area contributed by atoms with Crippen molar-refractivity contribution in [2.75, 3.05) is 6.61 Å². The van der Waals surface area contributed by atoms with Crippen LogP contribution in [0.15, 0.2) is 36.7 Å².